The van der Waals surface area contributed by atoms with Gasteiger partial charge < -0.3 is 19.5 Å². The van der Waals surface area contributed by atoms with Crippen molar-refractivity contribution in [2.75, 3.05) is 18.6 Å². The number of hydrogen-bond donors (Lipinski definition) is 1. The molecule has 0 spiro atoms. The number of carboxylic acid groups (broad SMARTS) is 1. The van der Waals surface area contributed by atoms with Crippen LogP contribution in [0.2, 0.25) is 0 Å². The lowest BCUT2D eigenvalue weighted by atomic mass is 10.1. The summed E-state index contributed by atoms with van der Waals surface area (Å²) in [6, 6.07) is 16.4. The Bertz CT molecular complexity index is 927. The Kier molecular flexibility index (Phi) is 6.11. The Morgan fingerprint density at radius 2 is 1.82 bits per heavy atom. The van der Waals surface area contributed by atoms with E-state index in [2.05, 4.69) is 9.88 Å². The number of pyridine rings is 1. The Morgan fingerprint density at radius 3 is 2.43 bits per heavy atom. The van der Waals surface area contributed by atoms with Crippen LogP contribution in [0.5, 0.6) is 11.5 Å². The van der Waals surface area contributed by atoms with Crippen molar-refractivity contribution in [3.63, 3.8) is 0 Å². The van der Waals surface area contributed by atoms with Gasteiger partial charge in [0.25, 0.3) is 0 Å². The SMILES string of the molecule is CCOc1ccc(N(Cc2cccnc2)c2ccc(C(=O)O)cc2)cc1OC. The molecule has 6 nitrogen and oxygen atoms in total. The highest BCUT2D eigenvalue weighted by atomic mass is 16.5. The average molecular weight is 378 g/mol. The molecule has 28 heavy (non-hydrogen) atoms. The van der Waals surface area contributed by atoms with Gasteiger partial charge in [-0.1, -0.05) is 6.07 Å². The number of nitrogens with zero attached hydrogens (tertiary/aromatic N) is 2. The minimum atomic E-state index is -0.951. The first-order chi connectivity index (χ1) is 13.6. The van der Waals surface area contributed by atoms with Crippen LogP contribution in [-0.2, 0) is 6.54 Å². The Balaban J connectivity index is 2.01. The van der Waals surface area contributed by atoms with E-state index in [1.165, 1.54) is 0 Å². The van der Waals surface area contributed by atoms with Gasteiger partial charge in [-0.2, -0.15) is 0 Å². The first-order valence-corrected chi connectivity index (χ1v) is 8.93. The van der Waals surface area contributed by atoms with Gasteiger partial charge >= 0.3 is 5.97 Å². The fourth-order valence-corrected chi connectivity index (χ4v) is 2.89. The number of carboxylic acids is 1. The number of ether oxygens (including phenoxy) is 2. The lowest BCUT2D eigenvalue weighted by Gasteiger charge is -2.26. The lowest BCUT2D eigenvalue weighted by Crippen LogP contribution is -2.17. The molecule has 0 atom stereocenters. The second kappa shape index (κ2) is 8.90. The molecule has 1 N–H and O–H groups in total. The molecule has 0 aliphatic rings. The summed E-state index contributed by atoms with van der Waals surface area (Å²) in [4.78, 5) is 17.4. The third-order valence-electron chi connectivity index (χ3n) is 4.25. The van der Waals surface area contributed by atoms with Crippen LogP contribution in [0.1, 0.15) is 22.8 Å². The minimum Gasteiger partial charge on any atom is -0.493 e. The van der Waals surface area contributed by atoms with Crippen molar-refractivity contribution >= 4 is 17.3 Å². The van der Waals surface area contributed by atoms with Crippen LogP contribution in [0.25, 0.3) is 0 Å². The third-order valence-corrected chi connectivity index (χ3v) is 4.25. The first-order valence-electron chi connectivity index (χ1n) is 8.93. The quantitative estimate of drug-likeness (QED) is 0.621. The van der Waals surface area contributed by atoms with Gasteiger partial charge in [-0.25, -0.2) is 4.79 Å². The average Bonchev–Trinajstić information content (AvgIpc) is 2.73. The fourth-order valence-electron chi connectivity index (χ4n) is 2.89. The normalized spacial score (nSPS) is 10.4. The molecule has 144 valence electrons. The van der Waals surface area contributed by atoms with E-state index in [0.29, 0.717) is 24.7 Å². The van der Waals surface area contributed by atoms with E-state index in [9.17, 15) is 4.79 Å². The number of aromatic nitrogens is 1. The molecule has 6 heteroatoms. The summed E-state index contributed by atoms with van der Waals surface area (Å²) >= 11 is 0. The van der Waals surface area contributed by atoms with Crippen molar-refractivity contribution in [1.29, 1.82) is 0 Å². The number of aromatic carboxylic acids is 1. The molecule has 0 radical (unpaired) electrons. The topological polar surface area (TPSA) is 71.9 Å². The Hall–Kier alpha value is -3.54. The van der Waals surface area contributed by atoms with Crippen molar-refractivity contribution < 1.29 is 19.4 Å². The molecule has 0 unspecified atom stereocenters. The maximum Gasteiger partial charge on any atom is 0.335 e. The third kappa shape index (κ3) is 4.40. The van der Waals surface area contributed by atoms with E-state index in [4.69, 9.17) is 14.6 Å². The second-order valence-corrected chi connectivity index (χ2v) is 6.07. The molecule has 3 aromatic rings. The summed E-state index contributed by atoms with van der Waals surface area (Å²) in [6.45, 7) is 3.04. The van der Waals surface area contributed by atoms with Crippen molar-refractivity contribution in [3.05, 3.63) is 78.1 Å². The van der Waals surface area contributed by atoms with Crippen molar-refractivity contribution in [2.24, 2.45) is 0 Å². The zero-order chi connectivity index (χ0) is 19.9. The van der Waals surface area contributed by atoms with Crippen molar-refractivity contribution in [3.8, 4) is 11.5 Å². The van der Waals surface area contributed by atoms with Gasteiger partial charge in [0.2, 0.25) is 0 Å². The molecule has 0 amide bonds. The maximum absolute atomic E-state index is 11.2. The molecule has 1 heterocycles. The highest BCUT2D eigenvalue weighted by Gasteiger charge is 2.15. The number of methoxy groups -OCH3 is 1. The van der Waals surface area contributed by atoms with Crippen LogP contribution in [0.3, 0.4) is 0 Å². The maximum atomic E-state index is 11.2. The fraction of sp³-hybridized carbons (Fsp3) is 0.182. The summed E-state index contributed by atoms with van der Waals surface area (Å²) in [7, 11) is 1.61. The number of carbonyl (C=O) groups is 1. The molecular formula is C22H22N2O4. The van der Waals surface area contributed by atoms with Gasteiger partial charge in [-0.05, 0) is 55.0 Å². The Labute approximate surface area is 164 Å². The molecular weight excluding hydrogens is 356 g/mol. The molecule has 0 saturated heterocycles. The molecule has 0 saturated carbocycles. The smallest absolute Gasteiger partial charge is 0.335 e. The van der Waals surface area contributed by atoms with Gasteiger partial charge in [-0.15, -0.1) is 0 Å². The van der Waals surface area contributed by atoms with Crippen LogP contribution in [0, 0.1) is 0 Å². The molecule has 0 bridgehead atoms. The molecule has 1 aromatic heterocycles. The summed E-state index contributed by atoms with van der Waals surface area (Å²) in [6.07, 6.45) is 3.54. The van der Waals surface area contributed by atoms with E-state index in [0.717, 1.165) is 16.9 Å². The first kappa shape index (κ1) is 19.2. The second-order valence-electron chi connectivity index (χ2n) is 6.07. The highest BCUT2D eigenvalue weighted by molar-refractivity contribution is 5.88. The van der Waals surface area contributed by atoms with E-state index in [-0.39, 0.29) is 5.56 Å². The van der Waals surface area contributed by atoms with E-state index in [1.54, 1.807) is 37.6 Å². The van der Waals surface area contributed by atoms with Crippen LogP contribution in [0.4, 0.5) is 11.4 Å². The van der Waals surface area contributed by atoms with Crippen molar-refractivity contribution in [1.82, 2.24) is 4.98 Å². The van der Waals surface area contributed by atoms with Gasteiger partial charge in [-0.3, -0.25) is 4.98 Å². The summed E-state index contributed by atoms with van der Waals surface area (Å²) < 4.78 is 11.1. The van der Waals surface area contributed by atoms with Crippen LogP contribution in [0.15, 0.2) is 67.0 Å². The number of hydrogen-bond acceptors (Lipinski definition) is 5. The lowest BCUT2D eigenvalue weighted by molar-refractivity contribution is 0.0697. The number of rotatable bonds is 8. The predicted molar refractivity (Wildman–Crippen MR) is 108 cm³/mol. The molecule has 0 fully saturated rings. The van der Waals surface area contributed by atoms with E-state index < -0.39 is 5.97 Å². The van der Waals surface area contributed by atoms with Crippen LogP contribution in [-0.4, -0.2) is 29.8 Å². The van der Waals surface area contributed by atoms with Gasteiger partial charge in [0.05, 0.1) is 19.3 Å². The van der Waals surface area contributed by atoms with Crippen molar-refractivity contribution in [2.45, 2.75) is 13.5 Å². The zero-order valence-corrected chi connectivity index (χ0v) is 15.8. The Morgan fingerprint density at radius 1 is 1.07 bits per heavy atom. The number of anilines is 2. The van der Waals surface area contributed by atoms with Gasteiger partial charge in [0.15, 0.2) is 11.5 Å². The van der Waals surface area contributed by atoms with Crippen LogP contribution >= 0.6 is 0 Å². The monoisotopic (exact) mass is 378 g/mol. The largest absolute Gasteiger partial charge is 0.493 e. The van der Waals surface area contributed by atoms with Crippen LogP contribution < -0.4 is 14.4 Å². The molecule has 3 rings (SSSR count). The standard InChI is InChI=1S/C22H22N2O4/c1-3-28-20-11-10-19(13-21(20)27-2)24(15-16-5-4-12-23-14-16)18-8-6-17(7-9-18)22(25)26/h4-14H,3,15H2,1-2H3,(H,25,26). The van der Waals surface area contributed by atoms with Gasteiger partial charge in [0.1, 0.15) is 0 Å². The van der Waals surface area contributed by atoms with E-state index >= 15 is 0 Å². The van der Waals surface area contributed by atoms with E-state index in [1.807, 2.05) is 43.5 Å². The summed E-state index contributed by atoms with van der Waals surface area (Å²) in [5.41, 5.74) is 3.03. The number of benzene rings is 2. The molecule has 0 aliphatic carbocycles. The zero-order valence-electron chi connectivity index (χ0n) is 15.8. The summed E-state index contributed by atoms with van der Waals surface area (Å²) in [5, 5.41) is 9.16. The highest BCUT2D eigenvalue weighted by Crippen LogP contribution is 2.35. The minimum absolute atomic E-state index is 0.245. The molecule has 0 aliphatic heterocycles. The summed E-state index contributed by atoms with van der Waals surface area (Å²) in [5.74, 6) is 0.363. The van der Waals surface area contributed by atoms with Gasteiger partial charge in [0, 0.05) is 36.4 Å². The molecule has 2 aromatic carbocycles. The predicted octanol–water partition coefficient (Wildman–Crippen LogP) is 4.53.